The van der Waals surface area contributed by atoms with Crippen molar-refractivity contribution in [2.45, 2.75) is 32.7 Å². The van der Waals surface area contributed by atoms with E-state index in [9.17, 15) is 9.59 Å². The van der Waals surface area contributed by atoms with Crippen LogP contribution in [0.1, 0.15) is 36.9 Å². The largest absolute Gasteiger partial charge is 0.356 e. The maximum Gasteiger partial charge on any atom is 0.226 e. The van der Waals surface area contributed by atoms with E-state index in [4.69, 9.17) is 0 Å². The molecule has 1 N–H and O–H groups in total. The minimum Gasteiger partial charge on any atom is -0.356 e. The van der Waals surface area contributed by atoms with Crippen LogP contribution in [0.2, 0.25) is 0 Å². The molecule has 24 heavy (non-hydrogen) atoms. The van der Waals surface area contributed by atoms with Gasteiger partial charge in [-0.25, -0.2) is 0 Å². The van der Waals surface area contributed by atoms with Gasteiger partial charge in [0.1, 0.15) is 0 Å². The average Bonchev–Trinajstić information content (AvgIpc) is 2.88. The van der Waals surface area contributed by atoms with Gasteiger partial charge >= 0.3 is 0 Å². The molecule has 1 aromatic rings. The normalized spacial score (nSPS) is 20.7. The SMILES string of the molecule is CCN1C(=O)C[C@@H](C(=O)NCCCN(C)C)[C@@H]1c1ccccc1C. The number of hydrogen-bond donors (Lipinski definition) is 1. The van der Waals surface area contributed by atoms with Crippen LogP contribution in [-0.4, -0.2) is 55.3 Å². The Morgan fingerprint density at radius 2 is 2.04 bits per heavy atom. The van der Waals surface area contributed by atoms with E-state index in [1.54, 1.807) is 0 Å². The highest BCUT2D eigenvalue weighted by Gasteiger charge is 2.44. The van der Waals surface area contributed by atoms with Gasteiger partial charge in [-0.15, -0.1) is 0 Å². The molecule has 0 unspecified atom stereocenters. The van der Waals surface area contributed by atoms with Gasteiger partial charge in [-0.2, -0.15) is 0 Å². The summed E-state index contributed by atoms with van der Waals surface area (Å²) >= 11 is 0. The van der Waals surface area contributed by atoms with Crippen LogP contribution in [0.4, 0.5) is 0 Å². The molecule has 0 saturated carbocycles. The number of likely N-dealkylation sites (tertiary alicyclic amines) is 1. The molecular formula is C19H29N3O2. The van der Waals surface area contributed by atoms with Crippen LogP contribution in [-0.2, 0) is 9.59 Å². The van der Waals surface area contributed by atoms with Gasteiger partial charge in [0.25, 0.3) is 0 Å². The summed E-state index contributed by atoms with van der Waals surface area (Å²) in [5.41, 5.74) is 2.21. The van der Waals surface area contributed by atoms with Crippen molar-refractivity contribution >= 4 is 11.8 Å². The fraction of sp³-hybridized carbons (Fsp3) is 0.579. The zero-order chi connectivity index (χ0) is 17.7. The molecule has 2 amide bonds. The van der Waals surface area contributed by atoms with Gasteiger partial charge in [0.05, 0.1) is 12.0 Å². The zero-order valence-electron chi connectivity index (χ0n) is 15.2. The lowest BCUT2D eigenvalue weighted by Gasteiger charge is -2.28. The third kappa shape index (κ3) is 4.15. The van der Waals surface area contributed by atoms with Gasteiger partial charge in [-0.3, -0.25) is 9.59 Å². The quantitative estimate of drug-likeness (QED) is 0.777. The van der Waals surface area contributed by atoms with Crippen molar-refractivity contribution in [2.24, 2.45) is 5.92 Å². The molecule has 2 rings (SSSR count). The number of nitrogens with zero attached hydrogens (tertiary/aromatic N) is 2. The van der Waals surface area contributed by atoms with Gasteiger partial charge in [-0.1, -0.05) is 24.3 Å². The Balaban J connectivity index is 2.13. The van der Waals surface area contributed by atoms with E-state index in [1.165, 1.54) is 0 Å². The number of hydrogen-bond acceptors (Lipinski definition) is 3. The first kappa shape index (κ1) is 18.5. The molecule has 132 valence electrons. The summed E-state index contributed by atoms with van der Waals surface area (Å²) in [5.74, 6) is -0.247. The van der Waals surface area contributed by atoms with Crippen LogP contribution in [0.15, 0.2) is 24.3 Å². The van der Waals surface area contributed by atoms with Crippen molar-refractivity contribution < 1.29 is 9.59 Å². The van der Waals surface area contributed by atoms with E-state index in [1.807, 2.05) is 57.1 Å². The lowest BCUT2D eigenvalue weighted by molar-refractivity contribution is -0.129. The number of carbonyl (C=O) groups excluding carboxylic acids is 2. The molecule has 1 aliphatic rings. The van der Waals surface area contributed by atoms with Crippen LogP contribution in [0, 0.1) is 12.8 Å². The summed E-state index contributed by atoms with van der Waals surface area (Å²) in [6.07, 6.45) is 1.21. The smallest absolute Gasteiger partial charge is 0.226 e. The Morgan fingerprint density at radius 1 is 1.33 bits per heavy atom. The van der Waals surface area contributed by atoms with Crippen LogP contribution in [0.25, 0.3) is 0 Å². The maximum atomic E-state index is 12.7. The average molecular weight is 331 g/mol. The van der Waals surface area contributed by atoms with Crippen LogP contribution in [0.5, 0.6) is 0 Å². The molecule has 1 aromatic carbocycles. The zero-order valence-corrected chi connectivity index (χ0v) is 15.2. The minimum absolute atomic E-state index is 0.00805. The monoisotopic (exact) mass is 331 g/mol. The van der Waals surface area contributed by atoms with Crippen molar-refractivity contribution in [1.29, 1.82) is 0 Å². The molecule has 0 aromatic heterocycles. The van der Waals surface area contributed by atoms with E-state index in [0.29, 0.717) is 19.5 Å². The van der Waals surface area contributed by atoms with Crippen LogP contribution < -0.4 is 5.32 Å². The number of benzene rings is 1. The van der Waals surface area contributed by atoms with Crippen molar-refractivity contribution in [1.82, 2.24) is 15.1 Å². The number of rotatable bonds is 7. The third-order valence-corrected chi connectivity index (χ3v) is 4.70. The second-order valence-electron chi connectivity index (χ2n) is 6.74. The fourth-order valence-electron chi connectivity index (χ4n) is 3.44. The predicted octanol–water partition coefficient (Wildman–Crippen LogP) is 1.97. The standard InChI is InChI=1S/C19H29N3O2/c1-5-22-17(23)13-16(19(24)20-11-8-12-21(3)4)18(22)15-10-7-6-9-14(15)2/h6-7,9-10,16,18H,5,8,11-13H2,1-4H3,(H,20,24)/t16-,18+/m1/s1. The first-order chi connectivity index (χ1) is 11.5. The van der Waals surface area contributed by atoms with Gasteiger partial charge in [0, 0.05) is 19.5 Å². The van der Waals surface area contributed by atoms with Gasteiger partial charge in [-0.05, 0) is 52.0 Å². The molecule has 1 fully saturated rings. The maximum absolute atomic E-state index is 12.7. The highest BCUT2D eigenvalue weighted by atomic mass is 16.2. The summed E-state index contributed by atoms with van der Waals surface area (Å²) in [5, 5.41) is 3.02. The first-order valence-corrected chi connectivity index (χ1v) is 8.73. The minimum atomic E-state index is -0.307. The summed E-state index contributed by atoms with van der Waals surface area (Å²) in [6, 6.07) is 7.89. The molecule has 1 aliphatic heterocycles. The highest BCUT2D eigenvalue weighted by Crippen LogP contribution is 2.39. The summed E-state index contributed by atoms with van der Waals surface area (Å²) in [4.78, 5) is 29.0. The Bertz CT molecular complexity index is 586. The van der Waals surface area contributed by atoms with Crippen LogP contribution >= 0.6 is 0 Å². The fourth-order valence-corrected chi connectivity index (χ4v) is 3.44. The van der Waals surface area contributed by atoms with E-state index in [2.05, 4.69) is 10.2 Å². The lowest BCUT2D eigenvalue weighted by atomic mass is 9.90. The molecule has 0 spiro atoms. The second kappa shape index (κ2) is 8.29. The van der Waals surface area contributed by atoms with Gasteiger partial charge in [0.2, 0.25) is 11.8 Å². The molecule has 0 radical (unpaired) electrons. The molecule has 1 saturated heterocycles. The van der Waals surface area contributed by atoms with Gasteiger partial charge in [0.15, 0.2) is 0 Å². The van der Waals surface area contributed by atoms with Crippen molar-refractivity contribution in [3.63, 3.8) is 0 Å². The second-order valence-corrected chi connectivity index (χ2v) is 6.74. The third-order valence-electron chi connectivity index (χ3n) is 4.70. The van der Waals surface area contributed by atoms with E-state index in [0.717, 1.165) is 24.1 Å². The first-order valence-electron chi connectivity index (χ1n) is 8.73. The van der Waals surface area contributed by atoms with Crippen molar-refractivity contribution in [2.75, 3.05) is 33.7 Å². The summed E-state index contributed by atoms with van der Waals surface area (Å²) < 4.78 is 0. The molecule has 0 bridgehead atoms. The molecular weight excluding hydrogens is 302 g/mol. The molecule has 2 atom stereocenters. The summed E-state index contributed by atoms with van der Waals surface area (Å²) in [6.45, 7) is 6.22. The van der Waals surface area contributed by atoms with E-state index < -0.39 is 0 Å². The molecule has 5 nitrogen and oxygen atoms in total. The Hall–Kier alpha value is -1.88. The lowest BCUT2D eigenvalue weighted by Crippen LogP contribution is -2.36. The number of amides is 2. The van der Waals surface area contributed by atoms with Crippen LogP contribution in [0.3, 0.4) is 0 Å². The Kier molecular flexibility index (Phi) is 6.37. The number of carbonyl (C=O) groups is 2. The Labute approximate surface area is 145 Å². The number of nitrogens with one attached hydrogen (secondary N) is 1. The number of aryl methyl sites for hydroxylation is 1. The Morgan fingerprint density at radius 3 is 2.67 bits per heavy atom. The van der Waals surface area contributed by atoms with Crippen molar-refractivity contribution in [3.05, 3.63) is 35.4 Å². The van der Waals surface area contributed by atoms with Crippen molar-refractivity contribution in [3.8, 4) is 0 Å². The van der Waals surface area contributed by atoms with E-state index in [-0.39, 0.29) is 23.8 Å². The molecule has 0 aliphatic carbocycles. The highest BCUT2D eigenvalue weighted by molar-refractivity contribution is 5.90. The van der Waals surface area contributed by atoms with Gasteiger partial charge < -0.3 is 15.1 Å². The molecule has 1 heterocycles. The predicted molar refractivity (Wildman–Crippen MR) is 95.6 cm³/mol. The van der Waals surface area contributed by atoms with E-state index >= 15 is 0 Å². The summed E-state index contributed by atoms with van der Waals surface area (Å²) in [7, 11) is 4.04. The topological polar surface area (TPSA) is 52.7 Å². The molecule has 5 heteroatoms.